The van der Waals surface area contributed by atoms with Crippen molar-refractivity contribution in [2.75, 3.05) is 16.8 Å². The first-order valence-corrected chi connectivity index (χ1v) is 10.6. The summed E-state index contributed by atoms with van der Waals surface area (Å²) in [5, 5.41) is 5.96. The molecule has 7 nitrogen and oxygen atoms in total. The average molecular weight is 418 g/mol. The molecule has 0 saturated heterocycles. The van der Waals surface area contributed by atoms with Crippen LogP contribution in [0.2, 0.25) is 0 Å². The van der Waals surface area contributed by atoms with Crippen LogP contribution < -0.4 is 10.2 Å². The van der Waals surface area contributed by atoms with Gasteiger partial charge >= 0.3 is 0 Å². The fourth-order valence-electron chi connectivity index (χ4n) is 3.62. The molecule has 0 fully saturated rings. The van der Waals surface area contributed by atoms with Crippen LogP contribution in [0.25, 0.3) is 22.4 Å². The monoisotopic (exact) mass is 418 g/mol. The van der Waals surface area contributed by atoms with Crippen molar-refractivity contribution in [2.24, 2.45) is 0 Å². The van der Waals surface area contributed by atoms with Gasteiger partial charge in [0.1, 0.15) is 0 Å². The van der Waals surface area contributed by atoms with Crippen molar-refractivity contribution in [3.63, 3.8) is 0 Å². The molecule has 0 unspecified atom stereocenters. The predicted molar refractivity (Wildman–Crippen MR) is 116 cm³/mol. The minimum Gasteiger partial charge on any atom is -0.433 e. The number of amides is 2. The molecule has 3 aromatic heterocycles. The van der Waals surface area contributed by atoms with Gasteiger partial charge in [-0.3, -0.25) is 14.9 Å². The number of aromatic nitrogens is 2. The van der Waals surface area contributed by atoms with Crippen molar-refractivity contribution < 1.29 is 14.0 Å². The van der Waals surface area contributed by atoms with Crippen LogP contribution in [0.1, 0.15) is 29.5 Å². The minimum absolute atomic E-state index is 0.140. The van der Waals surface area contributed by atoms with Gasteiger partial charge < -0.3 is 9.32 Å². The van der Waals surface area contributed by atoms with Crippen LogP contribution in [0, 0.1) is 0 Å². The second kappa shape index (κ2) is 7.38. The topological polar surface area (TPSA) is 88.3 Å². The van der Waals surface area contributed by atoms with Crippen LogP contribution in [-0.4, -0.2) is 28.3 Å². The molecule has 1 aliphatic rings. The summed E-state index contributed by atoms with van der Waals surface area (Å²) in [4.78, 5) is 35.1. The average Bonchev–Trinajstić information content (AvgIpc) is 3.50. The molecule has 0 radical (unpaired) electrons. The number of nitrogens with zero attached hydrogens (tertiary/aromatic N) is 3. The Morgan fingerprint density at radius 2 is 2.17 bits per heavy atom. The number of furan rings is 1. The minimum atomic E-state index is -0.364. The summed E-state index contributed by atoms with van der Waals surface area (Å²) >= 11 is 1.35. The van der Waals surface area contributed by atoms with E-state index in [9.17, 15) is 9.59 Å². The SMILES string of the molecule is CCC(=O)N1CCc2cc(-c3csc(NC(=O)c4cc5cccnc5o4)n3)ccc21. The molecule has 0 bridgehead atoms. The Balaban J connectivity index is 1.34. The molecule has 5 rings (SSSR count). The Labute approximate surface area is 176 Å². The van der Waals surface area contributed by atoms with Gasteiger partial charge in [0, 0.05) is 41.2 Å². The highest BCUT2D eigenvalue weighted by atomic mass is 32.1. The van der Waals surface area contributed by atoms with Crippen LogP contribution in [-0.2, 0) is 11.2 Å². The summed E-state index contributed by atoms with van der Waals surface area (Å²) in [6.07, 6.45) is 2.95. The number of carbonyl (C=O) groups excluding carboxylic acids is 2. The van der Waals surface area contributed by atoms with Crippen LogP contribution in [0.15, 0.2) is 52.4 Å². The molecule has 1 N–H and O–H groups in total. The highest BCUT2D eigenvalue weighted by molar-refractivity contribution is 7.14. The maximum absolute atomic E-state index is 12.5. The van der Waals surface area contributed by atoms with Gasteiger partial charge in [0.15, 0.2) is 10.9 Å². The molecule has 150 valence electrons. The standard InChI is InChI=1S/C22H18N4O3S/c1-2-19(27)26-9-7-14-10-13(5-6-17(14)26)16-12-30-22(24-16)25-20(28)18-11-15-4-3-8-23-21(15)29-18/h3-6,8,10-12H,2,7,9H2,1H3,(H,24,25,28). The first kappa shape index (κ1) is 18.5. The van der Waals surface area contributed by atoms with Crippen molar-refractivity contribution in [2.45, 2.75) is 19.8 Å². The number of fused-ring (bicyclic) bond motifs is 2. The van der Waals surface area contributed by atoms with Crippen LogP contribution >= 0.6 is 11.3 Å². The summed E-state index contributed by atoms with van der Waals surface area (Å²) < 4.78 is 5.50. The zero-order chi connectivity index (χ0) is 20.7. The second-order valence-electron chi connectivity index (χ2n) is 6.99. The number of hydrogen-bond acceptors (Lipinski definition) is 6. The van der Waals surface area contributed by atoms with Crippen LogP contribution in [0.4, 0.5) is 10.8 Å². The lowest BCUT2D eigenvalue weighted by Crippen LogP contribution is -2.27. The molecular weight excluding hydrogens is 400 g/mol. The lowest BCUT2D eigenvalue weighted by Gasteiger charge is -2.16. The fraction of sp³-hybridized carbons (Fsp3) is 0.182. The van der Waals surface area contributed by atoms with E-state index in [-0.39, 0.29) is 17.6 Å². The van der Waals surface area contributed by atoms with Crippen LogP contribution in [0.5, 0.6) is 0 Å². The third kappa shape index (κ3) is 3.25. The molecule has 4 aromatic rings. The summed E-state index contributed by atoms with van der Waals surface area (Å²) in [6, 6.07) is 11.3. The molecular formula is C22H18N4O3S. The molecule has 8 heteroatoms. The Kier molecular flexibility index (Phi) is 4.55. The number of rotatable bonds is 4. The van der Waals surface area contributed by atoms with E-state index >= 15 is 0 Å². The first-order valence-electron chi connectivity index (χ1n) is 9.67. The third-order valence-electron chi connectivity index (χ3n) is 5.12. The van der Waals surface area contributed by atoms with Gasteiger partial charge in [0.25, 0.3) is 5.91 Å². The second-order valence-corrected chi connectivity index (χ2v) is 7.85. The maximum atomic E-state index is 12.5. The van der Waals surface area contributed by atoms with Gasteiger partial charge in [-0.1, -0.05) is 13.0 Å². The molecule has 0 aliphatic carbocycles. The van der Waals surface area contributed by atoms with Gasteiger partial charge in [-0.05, 0) is 42.3 Å². The van der Waals surface area contributed by atoms with E-state index in [2.05, 4.69) is 21.4 Å². The van der Waals surface area contributed by atoms with Crippen molar-refractivity contribution in [3.8, 4) is 11.3 Å². The molecule has 2 amide bonds. The van der Waals surface area contributed by atoms with E-state index in [1.807, 2.05) is 35.4 Å². The number of nitrogens with one attached hydrogen (secondary N) is 1. The molecule has 0 saturated carbocycles. The normalized spacial score (nSPS) is 12.9. The summed E-state index contributed by atoms with van der Waals surface area (Å²) in [6.45, 7) is 2.60. The Bertz CT molecular complexity index is 1240. The predicted octanol–water partition coefficient (Wildman–Crippen LogP) is 4.50. The molecule has 4 heterocycles. The first-order chi connectivity index (χ1) is 14.6. The molecule has 0 spiro atoms. The van der Waals surface area contributed by atoms with Crippen molar-refractivity contribution in [1.29, 1.82) is 0 Å². The van der Waals surface area contributed by atoms with Crippen molar-refractivity contribution in [3.05, 3.63) is 59.3 Å². The van der Waals surface area contributed by atoms with Gasteiger partial charge in [0.2, 0.25) is 11.6 Å². The smallest absolute Gasteiger partial charge is 0.293 e. The quantitative estimate of drug-likeness (QED) is 0.527. The van der Waals surface area contributed by atoms with Crippen molar-refractivity contribution >= 4 is 45.1 Å². The number of carbonyl (C=O) groups is 2. The summed E-state index contributed by atoms with van der Waals surface area (Å²) in [7, 11) is 0. The maximum Gasteiger partial charge on any atom is 0.293 e. The highest BCUT2D eigenvalue weighted by Gasteiger charge is 2.24. The molecule has 30 heavy (non-hydrogen) atoms. The Morgan fingerprint density at radius 1 is 1.27 bits per heavy atom. The van der Waals surface area contributed by atoms with Crippen LogP contribution in [0.3, 0.4) is 0 Å². The molecule has 1 aliphatic heterocycles. The number of thiazole rings is 1. The molecule has 1 aromatic carbocycles. The zero-order valence-corrected chi connectivity index (χ0v) is 17.0. The number of pyridine rings is 1. The summed E-state index contributed by atoms with van der Waals surface area (Å²) in [5.74, 6) is -0.0313. The van der Waals surface area contributed by atoms with E-state index in [1.54, 1.807) is 18.3 Å². The van der Waals surface area contributed by atoms with Gasteiger partial charge in [-0.25, -0.2) is 9.97 Å². The van der Waals surface area contributed by atoms with Crippen molar-refractivity contribution in [1.82, 2.24) is 9.97 Å². The van der Waals surface area contributed by atoms with Gasteiger partial charge in [-0.15, -0.1) is 11.3 Å². The number of anilines is 2. The molecule has 0 atom stereocenters. The van der Waals surface area contributed by atoms with Gasteiger partial charge in [0.05, 0.1) is 5.69 Å². The lowest BCUT2D eigenvalue weighted by molar-refractivity contribution is -0.118. The van der Waals surface area contributed by atoms with E-state index in [0.717, 1.165) is 40.9 Å². The van der Waals surface area contributed by atoms with E-state index in [4.69, 9.17) is 4.42 Å². The third-order valence-corrected chi connectivity index (χ3v) is 5.87. The fourth-order valence-corrected chi connectivity index (χ4v) is 4.33. The Hall–Kier alpha value is -3.52. The van der Waals surface area contributed by atoms with E-state index in [0.29, 0.717) is 17.3 Å². The largest absolute Gasteiger partial charge is 0.433 e. The lowest BCUT2D eigenvalue weighted by atomic mass is 10.1. The highest BCUT2D eigenvalue weighted by Crippen LogP contribution is 2.34. The van der Waals surface area contributed by atoms with Gasteiger partial charge in [-0.2, -0.15) is 0 Å². The summed E-state index contributed by atoms with van der Waals surface area (Å²) in [5.41, 5.74) is 4.29. The zero-order valence-electron chi connectivity index (χ0n) is 16.2. The number of benzene rings is 1. The van der Waals surface area contributed by atoms with E-state index in [1.165, 1.54) is 11.3 Å². The number of hydrogen-bond donors (Lipinski definition) is 1. The van der Waals surface area contributed by atoms with E-state index < -0.39 is 0 Å². The Morgan fingerprint density at radius 3 is 3.00 bits per heavy atom.